The minimum Gasteiger partial charge on any atom is -0.280 e. The van der Waals surface area contributed by atoms with E-state index >= 15 is 0 Å². The molecule has 7 nitrogen and oxygen atoms in total. The molecule has 0 unspecified atom stereocenters. The minimum absolute atomic E-state index is 0.126. The summed E-state index contributed by atoms with van der Waals surface area (Å²) in [4.78, 5) is 8.65. The first kappa shape index (κ1) is 19.0. The Morgan fingerprint density at radius 3 is 2.63 bits per heavy atom. The number of pyridine rings is 2. The van der Waals surface area contributed by atoms with Gasteiger partial charge in [0.15, 0.2) is 5.15 Å². The summed E-state index contributed by atoms with van der Waals surface area (Å²) in [5.74, 6) is 0. The van der Waals surface area contributed by atoms with Gasteiger partial charge in [-0.1, -0.05) is 17.7 Å². The second-order valence-electron chi connectivity index (χ2n) is 7.40. The summed E-state index contributed by atoms with van der Waals surface area (Å²) < 4.78 is 29.0. The highest BCUT2D eigenvalue weighted by atomic mass is 35.5. The number of nitrogens with one attached hydrogen (secondary N) is 1. The molecule has 152 valence electrons. The van der Waals surface area contributed by atoms with Gasteiger partial charge < -0.3 is 0 Å². The zero-order chi connectivity index (χ0) is 20.9. The van der Waals surface area contributed by atoms with E-state index in [2.05, 4.69) is 19.8 Å². The van der Waals surface area contributed by atoms with Crippen LogP contribution < -0.4 is 4.72 Å². The third-order valence-electron chi connectivity index (χ3n) is 5.15. The van der Waals surface area contributed by atoms with Crippen LogP contribution >= 0.6 is 11.6 Å². The molecule has 3 aromatic heterocycles. The molecule has 3 heterocycles. The first-order valence-corrected chi connectivity index (χ1v) is 11.4. The van der Waals surface area contributed by atoms with Crippen molar-refractivity contribution in [2.45, 2.75) is 18.1 Å². The maximum absolute atomic E-state index is 12.3. The van der Waals surface area contributed by atoms with Crippen molar-refractivity contribution in [3.8, 4) is 22.3 Å². The number of benzene rings is 1. The number of hydrogen-bond donors (Lipinski definition) is 1. The summed E-state index contributed by atoms with van der Waals surface area (Å²) in [6, 6.07) is 9.57. The average molecular weight is 440 g/mol. The van der Waals surface area contributed by atoms with Crippen LogP contribution in [0, 0.1) is 0 Å². The second kappa shape index (κ2) is 7.07. The van der Waals surface area contributed by atoms with Crippen LogP contribution in [0.15, 0.2) is 55.1 Å². The number of anilines is 1. The van der Waals surface area contributed by atoms with Gasteiger partial charge in [0.2, 0.25) is 10.0 Å². The van der Waals surface area contributed by atoms with Crippen molar-refractivity contribution in [1.82, 2.24) is 19.7 Å². The van der Waals surface area contributed by atoms with Gasteiger partial charge in [0.05, 0.1) is 22.7 Å². The van der Waals surface area contributed by atoms with Gasteiger partial charge in [-0.25, -0.2) is 13.4 Å². The fraction of sp³-hybridized carbons (Fsp3) is 0.190. The van der Waals surface area contributed by atoms with Gasteiger partial charge in [-0.3, -0.25) is 14.4 Å². The molecular weight excluding hydrogens is 422 g/mol. The zero-order valence-corrected chi connectivity index (χ0v) is 17.7. The molecule has 0 atom stereocenters. The first-order chi connectivity index (χ1) is 14.4. The van der Waals surface area contributed by atoms with Gasteiger partial charge in [0, 0.05) is 42.2 Å². The van der Waals surface area contributed by atoms with Crippen LogP contribution in [0.1, 0.15) is 12.8 Å². The summed E-state index contributed by atoms with van der Waals surface area (Å²) in [6.45, 7) is 0. The average Bonchev–Trinajstić information content (AvgIpc) is 3.51. The van der Waals surface area contributed by atoms with E-state index in [0.29, 0.717) is 18.5 Å². The normalized spacial score (nSPS) is 14.2. The molecule has 0 radical (unpaired) electrons. The van der Waals surface area contributed by atoms with Crippen LogP contribution in [-0.4, -0.2) is 33.4 Å². The molecule has 30 heavy (non-hydrogen) atoms. The van der Waals surface area contributed by atoms with Gasteiger partial charge >= 0.3 is 0 Å². The molecule has 1 N–H and O–H groups in total. The molecule has 1 fully saturated rings. The standard InChI is InChI=1S/C21H18ClN5O2S/c1-27-12-15(11-25-27)17-6-7-23-19-5-2-13(8-18(17)19)14-9-20(21(22)24-10-14)26-30(28,29)16-3-4-16/h2,5-12,16,26H,3-4H2,1H3. The molecule has 9 heteroatoms. The quantitative estimate of drug-likeness (QED) is 0.469. The number of fused-ring (bicyclic) bond motifs is 1. The second-order valence-corrected chi connectivity index (χ2v) is 9.72. The van der Waals surface area contributed by atoms with E-state index in [4.69, 9.17) is 11.6 Å². The molecule has 1 aliphatic carbocycles. The zero-order valence-electron chi connectivity index (χ0n) is 16.1. The molecule has 5 rings (SSSR count). The number of rotatable bonds is 5. The Morgan fingerprint density at radius 1 is 1.07 bits per heavy atom. The predicted molar refractivity (Wildman–Crippen MR) is 118 cm³/mol. The van der Waals surface area contributed by atoms with E-state index in [1.54, 1.807) is 23.1 Å². The summed E-state index contributed by atoms with van der Waals surface area (Å²) in [7, 11) is -1.55. The van der Waals surface area contributed by atoms with Crippen LogP contribution in [0.4, 0.5) is 5.69 Å². The molecular formula is C21H18ClN5O2S. The number of aryl methyl sites for hydroxylation is 1. The van der Waals surface area contributed by atoms with E-state index < -0.39 is 10.0 Å². The van der Waals surface area contributed by atoms with Gasteiger partial charge in [-0.05, 0) is 48.2 Å². The van der Waals surface area contributed by atoms with E-state index in [1.807, 2.05) is 43.7 Å². The molecule has 0 saturated heterocycles. The Kier molecular flexibility index (Phi) is 4.48. The molecule has 1 saturated carbocycles. The van der Waals surface area contributed by atoms with E-state index in [1.165, 1.54) is 0 Å². The van der Waals surface area contributed by atoms with Crippen LogP contribution in [0.5, 0.6) is 0 Å². The van der Waals surface area contributed by atoms with Crippen molar-refractivity contribution < 1.29 is 8.42 Å². The van der Waals surface area contributed by atoms with Crippen molar-refractivity contribution in [3.63, 3.8) is 0 Å². The third kappa shape index (κ3) is 3.53. The SMILES string of the molecule is Cn1cc(-c2ccnc3ccc(-c4cnc(Cl)c(NS(=O)(=O)C5CC5)c4)cc23)cn1. The monoisotopic (exact) mass is 439 g/mol. The van der Waals surface area contributed by atoms with Gasteiger partial charge in [0.1, 0.15) is 0 Å². The number of nitrogens with zero attached hydrogens (tertiary/aromatic N) is 4. The van der Waals surface area contributed by atoms with E-state index in [-0.39, 0.29) is 10.4 Å². The summed E-state index contributed by atoms with van der Waals surface area (Å²) in [5.41, 5.74) is 4.81. The van der Waals surface area contributed by atoms with Crippen LogP contribution in [0.3, 0.4) is 0 Å². The largest absolute Gasteiger partial charge is 0.280 e. The predicted octanol–water partition coefficient (Wildman–Crippen LogP) is 4.25. The molecule has 1 aliphatic rings. The minimum atomic E-state index is -3.43. The van der Waals surface area contributed by atoms with Crippen molar-refractivity contribution in [1.29, 1.82) is 0 Å². The molecule has 0 aliphatic heterocycles. The Hall–Kier alpha value is -2.97. The topological polar surface area (TPSA) is 89.8 Å². The smallest absolute Gasteiger partial charge is 0.235 e. The maximum atomic E-state index is 12.3. The highest BCUT2D eigenvalue weighted by molar-refractivity contribution is 7.93. The summed E-state index contributed by atoms with van der Waals surface area (Å²) in [6.07, 6.45) is 8.54. The van der Waals surface area contributed by atoms with Gasteiger partial charge in [0.25, 0.3) is 0 Å². The van der Waals surface area contributed by atoms with Crippen molar-refractivity contribution in [3.05, 3.63) is 60.3 Å². The highest BCUT2D eigenvalue weighted by Crippen LogP contribution is 2.35. The van der Waals surface area contributed by atoms with Crippen molar-refractivity contribution in [2.24, 2.45) is 7.05 Å². The Morgan fingerprint density at radius 2 is 1.90 bits per heavy atom. The lowest BCUT2D eigenvalue weighted by Gasteiger charge is -2.11. The van der Waals surface area contributed by atoms with Crippen molar-refractivity contribution >= 4 is 38.2 Å². The van der Waals surface area contributed by atoms with Crippen LogP contribution in [-0.2, 0) is 17.1 Å². The van der Waals surface area contributed by atoms with Gasteiger partial charge in [-0.15, -0.1) is 0 Å². The lowest BCUT2D eigenvalue weighted by atomic mass is 9.99. The summed E-state index contributed by atoms with van der Waals surface area (Å²) in [5, 5.41) is 5.02. The maximum Gasteiger partial charge on any atom is 0.235 e. The summed E-state index contributed by atoms with van der Waals surface area (Å²) >= 11 is 6.16. The third-order valence-corrected chi connectivity index (χ3v) is 7.30. The molecule has 0 bridgehead atoms. The molecule has 0 amide bonds. The lowest BCUT2D eigenvalue weighted by Crippen LogP contribution is -2.17. The van der Waals surface area contributed by atoms with Crippen LogP contribution in [0.25, 0.3) is 33.2 Å². The Balaban J connectivity index is 1.59. The first-order valence-electron chi connectivity index (χ1n) is 9.46. The van der Waals surface area contributed by atoms with E-state index in [9.17, 15) is 8.42 Å². The number of halogens is 1. The highest BCUT2D eigenvalue weighted by Gasteiger charge is 2.36. The molecule has 0 spiro atoms. The number of aromatic nitrogens is 4. The van der Waals surface area contributed by atoms with Crippen LogP contribution in [0.2, 0.25) is 5.15 Å². The lowest BCUT2D eigenvalue weighted by molar-refractivity contribution is 0.600. The fourth-order valence-electron chi connectivity index (χ4n) is 3.43. The fourth-order valence-corrected chi connectivity index (χ4v) is 5.02. The Labute approximate surface area is 178 Å². The number of sulfonamides is 1. The molecule has 4 aromatic rings. The Bertz CT molecular complexity index is 1380. The number of hydrogen-bond acceptors (Lipinski definition) is 5. The molecule has 1 aromatic carbocycles. The van der Waals surface area contributed by atoms with Crippen molar-refractivity contribution in [2.75, 3.05) is 4.72 Å². The van der Waals surface area contributed by atoms with Gasteiger partial charge in [-0.2, -0.15) is 5.10 Å². The van der Waals surface area contributed by atoms with E-state index in [0.717, 1.165) is 33.2 Å².